The van der Waals surface area contributed by atoms with E-state index in [1.165, 1.54) is 32.1 Å². The number of ether oxygens (including phenoxy) is 2. The highest BCUT2D eigenvalue weighted by Crippen LogP contribution is 2.20. The first-order chi connectivity index (χ1) is 17.3. The summed E-state index contributed by atoms with van der Waals surface area (Å²) in [6.07, 6.45) is 9.02. The molecule has 1 atom stereocenters. The first-order valence-electron chi connectivity index (χ1n) is 13.1. The van der Waals surface area contributed by atoms with Crippen LogP contribution in [0, 0.1) is 0 Å². The Kier molecular flexibility index (Phi) is 13.2. The van der Waals surface area contributed by atoms with Crippen molar-refractivity contribution in [3.8, 4) is 5.75 Å². The molecule has 1 heterocycles. The van der Waals surface area contributed by atoms with Gasteiger partial charge in [0.1, 0.15) is 11.8 Å². The van der Waals surface area contributed by atoms with Gasteiger partial charge < -0.3 is 19.7 Å². The van der Waals surface area contributed by atoms with Gasteiger partial charge in [0.25, 0.3) is 5.91 Å². The molecule has 1 fully saturated rings. The maximum atomic E-state index is 12.9. The molecule has 0 aliphatic carbocycles. The third-order valence-corrected chi connectivity index (χ3v) is 6.26. The van der Waals surface area contributed by atoms with Crippen LogP contribution in [-0.2, 0) is 14.3 Å². The summed E-state index contributed by atoms with van der Waals surface area (Å²) in [5, 5.41) is 5.55. The van der Waals surface area contributed by atoms with Crippen molar-refractivity contribution in [1.82, 2.24) is 15.5 Å². The SMILES string of the molecule is CCCCCCCCCCOC(=O)CC1C(=O)NCCN1C(=S)NC(=O)c1ccccc1OC(C)C. The number of nitrogens with zero attached hydrogens (tertiary/aromatic N) is 1. The van der Waals surface area contributed by atoms with Crippen LogP contribution >= 0.6 is 12.2 Å². The Morgan fingerprint density at radius 2 is 1.78 bits per heavy atom. The Labute approximate surface area is 220 Å². The number of unbranched alkanes of at least 4 members (excludes halogenated alkanes) is 7. The second kappa shape index (κ2) is 16.1. The van der Waals surface area contributed by atoms with Crippen molar-refractivity contribution in [2.24, 2.45) is 0 Å². The van der Waals surface area contributed by atoms with Gasteiger partial charge in [-0.3, -0.25) is 19.7 Å². The third kappa shape index (κ3) is 10.1. The molecule has 8 nitrogen and oxygen atoms in total. The van der Waals surface area contributed by atoms with Gasteiger partial charge in [0.2, 0.25) is 5.91 Å². The predicted octanol–water partition coefficient (Wildman–Crippen LogP) is 4.36. The lowest BCUT2D eigenvalue weighted by Crippen LogP contribution is -2.60. The second-order valence-electron chi connectivity index (χ2n) is 9.32. The number of amides is 2. The summed E-state index contributed by atoms with van der Waals surface area (Å²) >= 11 is 5.46. The number of nitrogens with one attached hydrogen (secondary N) is 2. The van der Waals surface area contributed by atoms with Crippen molar-refractivity contribution < 1.29 is 23.9 Å². The Morgan fingerprint density at radius 3 is 2.47 bits per heavy atom. The number of piperazine rings is 1. The summed E-state index contributed by atoms with van der Waals surface area (Å²) in [4.78, 5) is 39.5. The third-order valence-electron chi connectivity index (χ3n) is 5.93. The van der Waals surface area contributed by atoms with E-state index in [1.54, 1.807) is 29.2 Å². The van der Waals surface area contributed by atoms with E-state index in [2.05, 4.69) is 17.6 Å². The fourth-order valence-electron chi connectivity index (χ4n) is 4.05. The summed E-state index contributed by atoms with van der Waals surface area (Å²) in [5.41, 5.74) is 0.344. The van der Waals surface area contributed by atoms with E-state index in [4.69, 9.17) is 21.7 Å². The van der Waals surface area contributed by atoms with Gasteiger partial charge in [0.05, 0.1) is 24.7 Å². The molecule has 1 aliphatic rings. The summed E-state index contributed by atoms with van der Waals surface area (Å²) < 4.78 is 11.1. The van der Waals surface area contributed by atoms with Crippen LogP contribution in [0.25, 0.3) is 0 Å². The van der Waals surface area contributed by atoms with E-state index >= 15 is 0 Å². The molecule has 1 aliphatic heterocycles. The van der Waals surface area contributed by atoms with Crippen molar-refractivity contribution in [2.75, 3.05) is 19.7 Å². The molecule has 1 aromatic rings. The minimum Gasteiger partial charge on any atom is -0.490 e. The fraction of sp³-hybridized carbons (Fsp3) is 0.630. The van der Waals surface area contributed by atoms with Crippen molar-refractivity contribution >= 4 is 35.1 Å². The average molecular weight is 520 g/mol. The number of benzene rings is 1. The van der Waals surface area contributed by atoms with Gasteiger partial charge in [0.15, 0.2) is 5.11 Å². The molecule has 36 heavy (non-hydrogen) atoms. The van der Waals surface area contributed by atoms with E-state index in [0.717, 1.165) is 19.3 Å². The molecule has 1 saturated heterocycles. The molecule has 1 unspecified atom stereocenters. The van der Waals surface area contributed by atoms with Crippen molar-refractivity contribution in [3.63, 3.8) is 0 Å². The van der Waals surface area contributed by atoms with Crippen LogP contribution in [0.5, 0.6) is 5.75 Å². The molecule has 0 aromatic heterocycles. The van der Waals surface area contributed by atoms with E-state index in [9.17, 15) is 14.4 Å². The normalized spacial score (nSPS) is 15.4. The van der Waals surface area contributed by atoms with Crippen LogP contribution in [0.1, 0.15) is 88.9 Å². The molecule has 0 radical (unpaired) electrons. The van der Waals surface area contributed by atoms with E-state index in [0.29, 0.717) is 31.0 Å². The number of hydrogen-bond donors (Lipinski definition) is 2. The first-order valence-corrected chi connectivity index (χ1v) is 13.5. The Balaban J connectivity index is 1.85. The number of carbonyl (C=O) groups excluding carboxylic acids is 3. The van der Waals surface area contributed by atoms with Gasteiger partial charge in [0, 0.05) is 13.1 Å². The molecular weight excluding hydrogens is 478 g/mol. The van der Waals surface area contributed by atoms with Gasteiger partial charge in [-0.25, -0.2) is 0 Å². The zero-order chi connectivity index (χ0) is 26.3. The topological polar surface area (TPSA) is 97.0 Å². The number of para-hydroxylation sites is 1. The maximum absolute atomic E-state index is 12.9. The zero-order valence-electron chi connectivity index (χ0n) is 21.8. The van der Waals surface area contributed by atoms with Crippen LogP contribution < -0.4 is 15.4 Å². The predicted molar refractivity (Wildman–Crippen MR) is 144 cm³/mol. The lowest BCUT2D eigenvalue weighted by Gasteiger charge is -2.36. The summed E-state index contributed by atoms with van der Waals surface area (Å²) in [6.45, 7) is 7.05. The zero-order valence-corrected chi connectivity index (χ0v) is 22.7. The van der Waals surface area contributed by atoms with Gasteiger partial charge in [-0.2, -0.15) is 0 Å². The van der Waals surface area contributed by atoms with Gasteiger partial charge in [-0.1, -0.05) is 64.0 Å². The van der Waals surface area contributed by atoms with E-state index in [-0.39, 0.29) is 23.5 Å². The highest BCUT2D eigenvalue weighted by molar-refractivity contribution is 7.80. The molecule has 2 amide bonds. The Bertz CT molecular complexity index is 877. The summed E-state index contributed by atoms with van der Waals surface area (Å²) in [5.74, 6) is -0.747. The van der Waals surface area contributed by atoms with Crippen molar-refractivity contribution in [2.45, 2.75) is 90.7 Å². The average Bonchev–Trinajstić information content (AvgIpc) is 2.84. The molecule has 2 N–H and O–H groups in total. The molecule has 0 saturated carbocycles. The van der Waals surface area contributed by atoms with Crippen LogP contribution in [0.4, 0.5) is 0 Å². The molecule has 2 rings (SSSR count). The smallest absolute Gasteiger partial charge is 0.308 e. The molecule has 200 valence electrons. The number of hydrogen-bond acceptors (Lipinski definition) is 6. The highest BCUT2D eigenvalue weighted by atomic mass is 32.1. The number of rotatable bonds is 14. The van der Waals surface area contributed by atoms with Crippen LogP contribution in [0.15, 0.2) is 24.3 Å². The minimum absolute atomic E-state index is 0.0927. The molecule has 0 spiro atoms. The fourth-order valence-corrected chi connectivity index (χ4v) is 4.36. The summed E-state index contributed by atoms with van der Waals surface area (Å²) in [6, 6.07) is 6.07. The first kappa shape index (κ1) is 29.5. The van der Waals surface area contributed by atoms with Gasteiger partial charge in [-0.05, 0) is 44.6 Å². The number of carbonyl (C=O) groups is 3. The van der Waals surface area contributed by atoms with Crippen LogP contribution in [0.2, 0.25) is 0 Å². The van der Waals surface area contributed by atoms with Crippen molar-refractivity contribution in [3.05, 3.63) is 29.8 Å². The van der Waals surface area contributed by atoms with Gasteiger partial charge >= 0.3 is 5.97 Å². The quantitative estimate of drug-likeness (QED) is 0.214. The lowest BCUT2D eigenvalue weighted by molar-refractivity contribution is -0.147. The Morgan fingerprint density at radius 1 is 1.11 bits per heavy atom. The van der Waals surface area contributed by atoms with Crippen LogP contribution in [0.3, 0.4) is 0 Å². The summed E-state index contributed by atoms with van der Waals surface area (Å²) in [7, 11) is 0. The van der Waals surface area contributed by atoms with E-state index < -0.39 is 17.9 Å². The maximum Gasteiger partial charge on any atom is 0.308 e. The molecule has 9 heteroatoms. The largest absolute Gasteiger partial charge is 0.490 e. The Hall–Kier alpha value is -2.68. The van der Waals surface area contributed by atoms with E-state index in [1.807, 2.05) is 13.8 Å². The van der Waals surface area contributed by atoms with Crippen LogP contribution in [-0.4, -0.2) is 59.6 Å². The highest BCUT2D eigenvalue weighted by Gasteiger charge is 2.34. The second-order valence-corrected chi connectivity index (χ2v) is 9.71. The number of esters is 1. The lowest BCUT2D eigenvalue weighted by atomic mass is 10.1. The molecule has 0 bridgehead atoms. The molecular formula is C27H41N3O5S. The minimum atomic E-state index is -0.834. The number of thiocarbonyl (C=S) groups is 1. The van der Waals surface area contributed by atoms with Crippen molar-refractivity contribution in [1.29, 1.82) is 0 Å². The molecule has 1 aromatic carbocycles. The van der Waals surface area contributed by atoms with Gasteiger partial charge in [-0.15, -0.1) is 0 Å². The monoisotopic (exact) mass is 519 g/mol. The standard InChI is InChI=1S/C27H41N3O5S/c1-4-5-6-7-8-9-10-13-18-34-24(31)19-22-26(33)28-16-17-30(22)27(36)29-25(32)21-14-11-12-15-23(21)35-20(2)3/h11-12,14-15,20,22H,4-10,13,16-19H2,1-3H3,(H,28,33)(H,29,32,36).